The highest BCUT2D eigenvalue weighted by Crippen LogP contribution is 2.19. The molecule has 102 valence electrons. The van der Waals surface area contributed by atoms with E-state index in [4.69, 9.17) is 5.11 Å². The predicted octanol–water partition coefficient (Wildman–Crippen LogP) is 2.62. The summed E-state index contributed by atoms with van der Waals surface area (Å²) in [5, 5.41) is 22.5. The van der Waals surface area contributed by atoms with Gasteiger partial charge in [0.1, 0.15) is 11.5 Å². The van der Waals surface area contributed by atoms with Crippen molar-refractivity contribution < 1.29 is 15.0 Å². The number of phenolic OH excluding ortho intramolecular Hbond substituents is 2. The van der Waals surface area contributed by atoms with E-state index in [1.54, 1.807) is 12.1 Å². The Kier molecular flexibility index (Phi) is 4.37. The molecule has 0 aliphatic rings. The van der Waals surface area contributed by atoms with Crippen LogP contribution < -0.4 is 5.43 Å². The maximum absolute atomic E-state index is 11.7. The molecule has 2 aromatic carbocycles. The molecule has 0 radical (unpaired) electrons. The third-order valence-corrected chi connectivity index (χ3v) is 2.98. The van der Waals surface area contributed by atoms with Crippen LogP contribution in [0.4, 0.5) is 0 Å². The van der Waals surface area contributed by atoms with Gasteiger partial charge in [-0.2, -0.15) is 5.10 Å². The van der Waals surface area contributed by atoms with Gasteiger partial charge in [-0.25, -0.2) is 5.43 Å². The smallest absolute Gasteiger partial charge is 0.271 e. The number of aromatic hydroxyl groups is 2. The Hall–Kier alpha value is -2.34. The van der Waals surface area contributed by atoms with Gasteiger partial charge in [-0.3, -0.25) is 4.79 Å². The van der Waals surface area contributed by atoms with Crippen LogP contribution >= 0.6 is 15.9 Å². The fourth-order valence-corrected chi connectivity index (χ4v) is 1.85. The largest absolute Gasteiger partial charge is 0.508 e. The number of phenols is 2. The third kappa shape index (κ3) is 3.58. The first-order valence-corrected chi connectivity index (χ1v) is 6.46. The lowest BCUT2D eigenvalue weighted by atomic mass is 10.2. The van der Waals surface area contributed by atoms with Crippen molar-refractivity contribution in [1.82, 2.24) is 5.43 Å². The Morgan fingerprint density at radius 1 is 1.15 bits per heavy atom. The zero-order chi connectivity index (χ0) is 14.5. The highest BCUT2D eigenvalue weighted by atomic mass is 79.9. The van der Waals surface area contributed by atoms with Crippen LogP contribution in [0.2, 0.25) is 0 Å². The molecule has 0 saturated heterocycles. The zero-order valence-corrected chi connectivity index (χ0v) is 11.8. The molecule has 0 spiro atoms. The first-order chi connectivity index (χ1) is 9.56. The molecule has 5 nitrogen and oxygen atoms in total. The molecular formula is C14H11BrN2O3. The molecule has 2 aromatic rings. The lowest BCUT2D eigenvalue weighted by Crippen LogP contribution is -2.17. The van der Waals surface area contributed by atoms with Crippen LogP contribution in [-0.4, -0.2) is 22.3 Å². The van der Waals surface area contributed by atoms with Crippen LogP contribution in [-0.2, 0) is 0 Å². The number of carbonyl (C=O) groups excluding carboxylic acids is 1. The van der Waals surface area contributed by atoms with Gasteiger partial charge in [0.05, 0.1) is 6.21 Å². The number of amides is 1. The van der Waals surface area contributed by atoms with Crippen LogP contribution in [0.5, 0.6) is 11.5 Å². The van der Waals surface area contributed by atoms with Crippen LogP contribution in [0.25, 0.3) is 0 Å². The van der Waals surface area contributed by atoms with E-state index in [2.05, 4.69) is 26.5 Å². The SMILES string of the molecule is O=C(N/N=C\c1cc(Br)ccc1O)c1ccc(O)cc1. The van der Waals surface area contributed by atoms with Crippen molar-refractivity contribution >= 4 is 28.1 Å². The van der Waals surface area contributed by atoms with Gasteiger partial charge >= 0.3 is 0 Å². The van der Waals surface area contributed by atoms with Gasteiger partial charge in [0.25, 0.3) is 5.91 Å². The van der Waals surface area contributed by atoms with Crippen LogP contribution in [0.15, 0.2) is 52.0 Å². The second-order valence-electron chi connectivity index (χ2n) is 3.95. The number of hydrogen-bond acceptors (Lipinski definition) is 4. The molecule has 20 heavy (non-hydrogen) atoms. The van der Waals surface area contributed by atoms with E-state index in [-0.39, 0.29) is 11.5 Å². The lowest BCUT2D eigenvalue weighted by molar-refractivity contribution is 0.0955. The first-order valence-electron chi connectivity index (χ1n) is 5.67. The summed E-state index contributed by atoms with van der Waals surface area (Å²) in [7, 11) is 0. The van der Waals surface area contributed by atoms with Gasteiger partial charge in [0.15, 0.2) is 0 Å². The van der Waals surface area contributed by atoms with Crippen LogP contribution in [0.3, 0.4) is 0 Å². The van der Waals surface area contributed by atoms with Crippen molar-refractivity contribution in [3.05, 3.63) is 58.1 Å². The summed E-state index contributed by atoms with van der Waals surface area (Å²) < 4.78 is 0.793. The number of halogens is 1. The molecule has 1 amide bonds. The quantitative estimate of drug-likeness (QED) is 0.596. The van der Waals surface area contributed by atoms with E-state index >= 15 is 0 Å². The maximum atomic E-state index is 11.7. The first kappa shape index (κ1) is 14.1. The van der Waals surface area contributed by atoms with Gasteiger partial charge in [-0.15, -0.1) is 0 Å². The Morgan fingerprint density at radius 2 is 1.85 bits per heavy atom. The number of nitrogens with zero attached hydrogens (tertiary/aromatic N) is 1. The second-order valence-corrected chi connectivity index (χ2v) is 4.86. The molecule has 0 atom stereocenters. The lowest BCUT2D eigenvalue weighted by Gasteiger charge is -2.01. The molecule has 0 fully saturated rings. The number of hydrazone groups is 1. The minimum absolute atomic E-state index is 0.0656. The normalized spacial score (nSPS) is 10.7. The summed E-state index contributed by atoms with van der Waals surface area (Å²) in [6, 6.07) is 10.7. The van der Waals surface area contributed by atoms with E-state index < -0.39 is 5.91 Å². The number of nitrogens with one attached hydrogen (secondary N) is 1. The van der Waals surface area contributed by atoms with Crippen molar-refractivity contribution in [2.75, 3.05) is 0 Å². The van der Waals surface area contributed by atoms with Crippen molar-refractivity contribution in [2.24, 2.45) is 5.10 Å². The average Bonchev–Trinajstić information content (AvgIpc) is 2.43. The average molecular weight is 335 g/mol. The molecule has 0 aliphatic carbocycles. The minimum Gasteiger partial charge on any atom is -0.508 e. The molecule has 0 aromatic heterocycles. The Labute approximate surface area is 123 Å². The van der Waals surface area contributed by atoms with Gasteiger partial charge in [0, 0.05) is 15.6 Å². The number of benzene rings is 2. The number of hydrogen-bond donors (Lipinski definition) is 3. The highest BCUT2D eigenvalue weighted by molar-refractivity contribution is 9.10. The van der Waals surface area contributed by atoms with E-state index in [9.17, 15) is 9.90 Å². The van der Waals surface area contributed by atoms with E-state index in [0.717, 1.165) is 4.47 Å². The molecule has 0 unspecified atom stereocenters. The Balaban J connectivity index is 2.04. The molecule has 2 rings (SSSR count). The predicted molar refractivity (Wildman–Crippen MR) is 79.0 cm³/mol. The summed E-state index contributed by atoms with van der Waals surface area (Å²) in [6.45, 7) is 0. The van der Waals surface area contributed by atoms with Gasteiger partial charge in [0.2, 0.25) is 0 Å². The summed E-state index contributed by atoms with van der Waals surface area (Å²) >= 11 is 3.28. The Bertz CT molecular complexity index is 654. The van der Waals surface area contributed by atoms with Crippen LogP contribution in [0.1, 0.15) is 15.9 Å². The van der Waals surface area contributed by atoms with E-state index in [1.807, 2.05) is 0 Å². The van der Waals surface area contributed by atoms with Crippen molar-refractivity contribution in [2.45, 2.75) is 0 Å². The number of carbonyl (C=O) groups is 1. The summed E-state index contributed by atoms with van der Waals surface area (Å²) in [4.78, 5) is 11.7. The summed E-state index contributed by atoms with van der Waals surface area (Å²) in [6.07, 6.45) is 1.35. The Morgan fingerprint density at radius 3 is 2.55 bits per heavy atom. The third-order valence-electron chi connectivity index (χ3n) is 2.49. The molecule has 6 heteroatoms. The van der Waals surface area contributed by atoms with Crippen molar-refractivity contribution in [1.29, 1.82) is 0 Å². The monoisotopic (exact) mass is 334 g/mol. The summed E-state index contributed by atoms with van der Waals surface area (Å²) in [5.74, 6) is -0.254. The van der Waals surface area contributed by atoms with Gasteiger partial charge in [-0.1, -0.05) is 15.9 Å². The molecule has 0 aliphatic heterocycles. The van der Waals surface area contributed by atoms with Crippen LogP contribution in [0, 0.1) is 0 Å². The topological polar surface area (TPSA) is 81.9 Å². The number of rotatable bonds is 3. The molecule has 0 heterocycles. The molecule has 0 saturated carbocycles. The van der Waals surface area contributed by atoms with Crippen molar-refractivity contribution in [3.63, 3.8) is 0 Å². The zero-order valence-electron chi connectivity index (χ0n) is 10.2. The van der Waals surface area contributed by atoms with Crippen molar-refractivity contribution in [3.8, 4) is 11.5 Å². The summed E-state index contributed by atoms with van der Waals surface area (Å²) in [5.41, 5.74) is 3.19. The second kappa shape index (κ2) is 6.21. The maximum Gasteiger partial charge on any atom is 0.271 e. The van der Waals surface area contributed by atoms with E-state index in [1.165, 1.54) is 36.5 Å². The molecule has 0 bridgehead atoms. The fourth-order valence-electron chi connectivity index (χ4n) is 1.47. The molecule has 3 N–H and O–H groups in total. The minimum atomic E-state index is -0.407. The van der Waals surface area contributed by atoms with Gasteiger partial charge in [-0.05, 0) is 42.5 Å². The highest BCUT2D eigenvalue weighted by Gasteiger charge is 2.04. The van der Waals surface area contributed by atoms with E-state index in [0.29, 0.717) is 11.1 Å². The standard InChI is InChI=1S/C14H11BrN2O3/c15-11-3-6-13(19)10(7-11)8-16-17-14(20)9-1-4-12(18)5-2-9/h1-8,18-19H,(H,17,20)/b16-8-. The van der Waals surface area contributed by atoms with Gasteiger partial charge < -0.3 is 10.2 Å². The molecular weight excluding hydrogens is 324 g/mol. The fraction of sp³-hybridized carbons (Fsp3) is 0.